The van der Waals surface area contributed by atoms with E-state index < -0.39 is 0 Å². The van der Waals surface area contributed by atoms with E-state index in [1.165, 1.54) is 18.6 Å². The molecule has 1 amide bonds. The van der Waals surface area contributed by atoms with Gasteiger partial charge in [-0.2, -0.15) is 0 Å². The molecule has 6 heteroatoms. The number of rotatable bonds is 6. The van der Waals surface area contributed by atoms with Crippen molar-refractivity contribution in [3.63, 3.8) is 0 Å². The first-order valence-electron chi connectivity index (χ1n) is 10.7. The molecule has 4 rings (SSSR count). The van der Waals surface area contributed by atoms with Crippen molar-refractivity contribution < 1.29 is 9.18 Å². The highest BCUT2D eigenvalue weighted by atomic mass is 35.5. The lowest BCUT2D eigenvalue weighted by atomic mass is 9.93. The summed E-state index contributed by atoms with van der Waals surface area (Å²) in [6.45, 7) is 1.14. The van der Waals surface area contributed by atoms with E-state index >= 15 is 0 Å². The summed E-state index contributed by atoms with van der Waals surface area (Å²) in [6.07, 6.45) is 7.49. The van der Waals surface area contributed by atoms with Crippen LogP contribution < -0.4 is 0 Å². The van der Waals surface area contributed by atoms with E-state index in [9.17, 15) is 9.18 Å². The number of benzene rings is 2. The van der Waals surface area contributed by atoms with Crippen LogP contribution >= 0.6 is 23.2 Å². The van der Waals surface area contributed by atoms with Crippen LogP contribution in [0.1, 0.15) is 53.7 Å². The molecule has 1 aromatic heterocycles. The Kier molecular flexibility index (Phi) is 6.99. The second-order valence-electron chi connectivity index (χ2n) is 8.11. The number of halogens is 3. The van der Waals surface area contributed by atoms with E-state index in [0.717, 1.165) is 36.9 Å². The Morgan fingerprint density at radius 2 is 1.74 bits per heavy atom. The predicted octanol–water partition coefficient (Wildman–Crippen LogP) is 6.96. The molecular formula is C25H25Cl2FN2O. The SMILES string of the molecule is O=C(c1ccc(Cl)c(Cl)c1)N(Cc1cccn1Cc1ccc(F)cc1)C1CCCCC1. The van der Waals surface area contributed by atoms with Gasteiger partial charge in [-0.05, 0) is 60.9 Å². The standard InChI is InChI=1S/C25H25Cl2FN2O/c26-23-13-10-19(15-24(23)27)25(31)30(21-5-2-1-3-6-21)17-22-7-4-14-29(22)16-18-8-11-20(28)12-9-18/h4,7-15,21H,1-3,5-6,16-17H2. The maximum atomic E-state index is 13.5. The van der Waals surface area contributed by atoms with Crippen LogP contribution in [0, 0.1) is 5.82 Å². The zero-order valence-corrected chi connectivity index (χ0v) is 18.7. The normalized spacial score (nSPS) is 14.5. The van der Waals surface area contributed by atoms with Gasteiger partial charge in [-0.25, -0.2) is 4.39 Å². The highest BCUT2D eigenvalue weighted by Gasteiger charge is 2.27. The van der Waals surface area contributed by atoms with Crippen molar-refractivity contribution in [1.82, 2.24) is 9.47 Å². The molecule has 2 aromatic carbocycles. The van der Waals surface area contributed by atoms with E-state index in [2.05, 4.69) is 4.57 Å². The van der Waals surface area contributed by atoms with Crippen LogP contribution in [0.3, 0.4) is 0 Å². The van der Waals surface area contributed by atoms with Gasteiger partial charge in [0.05, 0.1) is 16.6 Å². The molecule has 1 heterocycles. The fourth-order valence-electron chi connectivity index (χ4n) is 4.26. The van der Waals surface area contributed by atoms with Gasteiger partial charge in [0.25, 0.3) is 5.91 Å². The van der Waals surface area contributed by atoms with Gasteiger partial charge >= 0.3 is 0 Å². The molecule has 0 aliphatic heterocycles. The molecule has 0 N–H and O–H groups in total. The molecule has 1 aliphatic rings. The first-order valence-corrected chi connectivity index (χ1v) is 11.4. The Morgan fingerprint density at radius 3 is 2.45 bits per heavy atom. The van der Waals surface area contributed by atoms with E-state index in [1.54, 1.807) is 30.3 Å². The van der Waals surface area contributed by atoms with E-state index in [0.29, 0.717) is 28.7 Å². The quantitative estimate of drug-likeness (QED) is 0.391. The van der Waals surface area contributed by atoms with Crippen LogP contribution in [0.4, 0.5) is 4.39 Å². The van der Waals surface area contributed by atoms with Gasteiger partial charge < -0.3 is 9.47 Å². The maximum absolute atomic E-state index is 13.5. The average molecular weight is 459 g/mol. The summed E-state index contributed by atoms with van der Waals surface area (Å²) in [4.78, 5) is 15.5. The van der Waals surface area contributed by atoms with Gasteiger partial charge in [0.2, 0.25) is 0 Å². The molecule has 3 nitrogen and oxygen atoms in total. The van der Waals surface area contributed by atoms with Crippen LogP contribution in [0.2, 0.25) is 10.0 Å². The summed E-state index contributed by atoms with van der Waals surface area (Å²) < 4.78 is 15.4. The third kappa shape index (κ3) is 5.31. The number of hydrogen-bond acceptors (Lipinski definition) is 1. The van der Waals surface area contributed by atoms with Crippen molar-refractivity contribution in [2.75, 3.05) is 0 Å². The zero-order chi connectivity index (χ0) is 21.8. The third-order valence-electron chi connectivity index (χ3n) is 5.96. The Morgan fingerprint density at radius 1 is 1.00 bits per heavy atom. The smallest absolute Gasteiger partial charge is 0.254 e. The summed E-state index contributed by atoms with van der Waals surface area (Å²) in [5.74, 6) is -0.271. The Hall–Kier alpha value is -2.30. The molecule has 162 valence electrons. The molecule has 3 aromatic rings. The first-order chi connectivity index (χ1) is 15.0. The highest BCUT2D eigenvalue weighted by Crippen LogP contribution is 2.28. The van der Waals surface area contributed by atoms with Crippen LogP contribution in [0.25, 0.3) is 0 Å². The zero-order valence-electron chi connectivity index (χ0n) is 17.2. The molecule has 0 bridgehead atoms. The largest absolute Gasteiger partial charge is 0.345 e. The van der Waals surface area contributed by atoms with Crippen LogP contribution in [0.5, 0.6) is 0 Å². The van der Waals surface area contributed by atoms with E-state index in [1.807, 2.05) is 23.2 Å². The average Bonchev–Trinajstić information content (AvgIpc) is 3.22. The second-order valence-corrected chi connectivity index (χ2v) is 8.92. The minimum Gasteiger partial charge on any atom is -0.345 e. The molecule has 0 saturated heterocycles. The number of carbonyl (C=O) groups excluding carboxylic acids is 1. The number of hydrogen-bond donors (Lipinski definition) is 0. The van der Waals surface area contributed by atoms with Gasteiger partial charge in [-0.3, -0.25) is 4.79 Å². The summed E-state index contributed by atoms with van der Waals surface area (Å²) in [6, 6.07) is 15.8. The molecule has 31 heavy (non-hydrogen) atoms. The molecule has 1 fully saturated rings. The number of amides is 1. The Labute approximate surface area is 192 Å². The van der Waals surface area contributed by atoms with E-state index in [-0.39, 0.29) is 17.8 Å². The molecule has 0 atom stereocenters. The molecule has 0 spiro atoms. The van der Waals surface area contributed by atoms with E-state index in [4.69, 9.17) is 23.2 Å². The van der Waals surface area contributed by atoms with Crippen LogP contribution in [-0.4, -0.2) is 21.4 Å². The Bertz CT molecular complexity index is 1040. The fourth-order valence-corrected chi connectivity index (χ4v) is 4.56. The Balaban J connectivity index is 1.59. The molecule has 1 saturated carbocycles. The topological polar surface area (TPSA) is 25.2 Å². The minimum atomic E-state index is -0.243. The lowest BCUT2D eigenvalue weighted by Gasteiger charge is -2.35. The number of aromatic nitrogens is 1. The van der Waals surface area contributed by atoms with Crippen LogP contribution in [-0.2, 0) is 13.1 Å². The van der Waals surface area contributed by atoms with Gasteiger partial charge in [0.15, 0.2) is 0 Å². The highest BCUT2D eigenvalue weighted by molar-refractivity contribution is 6.42. The van der Waals surface area contributed by atoms with Gasteiger partial charge in [0, 0.05) is 30.0 Å². The summed E-state index contributed by atoms with van der Waals surface area (Å²) in [5.41, 5.74) is 2.61. The third-order valence-corrected chi connectivity index (χ3v) is 6.70. The van der Waals surface area contributed by atoms with Gasteiger partial charge in [0.1, 0.15) is 5.82 Å². The lowest BCUT2D eigenvalue weighted by molar-refractivity contribution is 0.0608. The van der Waals surface area contributed by atoms with Crippen molar-refractivity contribution >= 4 is 29.1 Å². The monoisotopic (exact) mass is 458 g/mol. The van der Waals surface area contributed by atoms with Crippen LogP contribution in [0.15, 0.2) is 60.8 Å². The molecule has 0 radical (unpaired) electrons. The number of carbonyl (C=O) groups is 1. The van der Waals surface area contributed by atoms with Gasteiger partial charge in [-0.15, -0.1) is 0 Å². The van der Waals surface area contributed by atoms with Gasteiger partial charge in [-0.1, -0.05) is 54.6 Å². The summed E-state index contributed by atoms with van der Waals surface area (Å²) in [5, 5.41) is 0.825. The minimum absolute atomic E-state index is 0.0278. The molecular weight excluding hydrogens is 434 g/mol. The lowest BCUT2D eigenvalue weighted by Crippen LogP contribution is -2.41. The summed E-state index contributed by atoms with van der Waals surface area (Å²) >= 11 is 12.2. The van der Waals surface area contributed by atoms with Crippen molar-refractivity contribution in [3.8, 4) is 0 Å². The molecule has 0 unspecified atom stereocenters. The first kappa shape index (κ1) is 21.9. The van der Waals surface area contributed by atoms with Crippen molar-refractivity contribution in [2.24, 2.45) is 0 Å². The predicted molar refractivity (Wildman–Crippen MR) is 123 cm³/mol. The second kappa shape index (κ2) is 9.88. The fraction of sp³-hybridized carbons (Fsp3) is 0.320. The molecule has 1 aliphatic carbocycles. The van der Waals surface area contributed by atoms with Crippen molar-refractivity contribution in [2.45, 2.75) is 51.2 Å². The van der Waals surface area contributed by atoms with Crippen molar-refractivity contribution in [1.29, 1.82) is 0 Å². The summed E-state index contributed by atoms with van der Waals surface area (Å²) in [7, 11) is 0. The van der Waals surface area contributed by atoms with Crippen molar-refractivity contribution in [3.05, 3.63) is 93.5 Å². The number of nitrogens with zero attached hydrogens (tertiary/aromatic N) is 2. The maximum Gasteiger partial charge on any atom is 0.254 e.